The summed E-state index contributed by atoms with van der Waals surface area (Å²) in [6.07, 6.45) is 2.53. The number of carbonyl (C=O) groups excluding carboxylic acids is 1. The molecule has 136 valence electrons. The summed E-state index contributed by atoms with van der Waals surface area (Å²) in [5.74, 6) is 0.408. The van der Waals surface area contributed by atoms with Crippen LogP contribution in [-0.4, -0.2) is 20.7 Å². The van der Waals surface area contributed by atoms with Gasteiger partial charge in [0.15, 0.2) is 5.65 Å². The highest BCUT2D eigenvalue weighted by Crippen LogP contribution is 2.23. The topological polar surface area (TPSA) is 59.8 Å². The van der Waals surface area contributed by atoms with Crippen LogP contribution < -0.4 is 5.32 Å². The molecule has 0 saturated carbocycles. The molecule has 0 spiro atoms. The Balaban J connectivity index is 1.88. The van der Waals surface area contributed by atoms with Crippen molar-refractivity contribution < 1.29 is 4.79 Å². The molecule has 1 unspecified atom stereocenters. The van der Waals surface area contributed by atoms with Crippen molar-refractivity contribution >= 4 is 16.9 Å². The van der Waals surface area contributed by atoms with E-state index < -0.39 is 0 Å². The number of aryl methyl sites for hydroxylation is 2. The molecule has 0 aliphatic carbocycles. The zero-order chi connectivity index (χ0) is 18.8. The van der Waals surface area contributed by atoms with Crippen molar-refractivity contribution in [3.63, 3.8) is 0 Å². The van der Waals surface area contributed by atoms with Crippen molar-refractivity contribution in [2.75, 3.05) is 0 Å². The number of rotatable bonds is 5. The van der Waals surface area contributed by atoms with E-state index in [1.54, 1.807) is 10.9 Å². The first-order valence-corrected chi connectivity index (χ1v) is 9.10. The molecule has 2 heterocycles. The third kappa shape index (κ3) is 3.47. The first-order valence-electron chi connectivity index (χ1n) is 9.10. The summed E-state index contributed by atoms with van der Waals surface area (Å²) in [7, 11) is 1.83. The van der Waals surface area contributed by atoms with Crippen molar-refractivity contribution in [1.29, 1.82) is 0 Å². The van der Waals surface area contributed by atoms with Crippen molar-refractivity contribution in [3.8, 4) is 0 Å². The molecule has 3 rings (SSSR count). The van der Waals surface area contributed by atoms with Crippen LogP contribution in [0, 0.1) is 6.92 Å². The van der Waals surface area contributed by atoms with Gasteiger partial charge in [-0.1, -0.05) is 45.0 Å². The lowest BCUT2D eigenvalue weighted by Gasteiger charge is -2.19. The average molecular weight is 350 g/mol. The summed E-state index contributed by atoms with van der Waals surface area (Å²) in [4.78, 5) is 17.4. The maximum absolute atomic E-state index is 13.0. The van der Waals surface area contributed by atoms with Gasteiger partial charge in [0.05, 0.1) is 23.2 Å². The van der Waals surface area contributed by atoms with Crippen LogP contribution in [0.2, 0.25) is 0 Å². The Morgan fingerprint density at radius 2 is 1.85 bits per heavy atom. The Hall–Kier alpha value is -2.69. The number of hydrogen-bond acceptors (Lipinski definition) is 3. The number of nitrogens with zero attached hydrogens (tertiary/aromatic N) is 3. The molecule has 0 saturated heterocycles. The van der Waals surface area contributed by atoms with E-state index in [4.69, 9.17) is 0 Å². The molecule has 1 N–H and O–H groups in total. The van der Waals surface area contributed by atoms with Gasteiger partial charge < -0.3 is 5.32 Å². The molecule has 1 aromatic carbocycles. The van der Waals surface area contributed by atoms with Gasteiger partial charge in [0.2, 0.25) is 0 Å². The second-order valence-corrected chi connectivity index (χ2v) is 7.07. The molecule has 0 radical (unpaired) electrons. The van der Waals surface area contributed by atoms with Crippen molar-refractivity contribution in [2.24, 2.45) is 7.05 Å². The normalized spacial score (nSPS) is 12.5. The molecule has 0 aliphatic rings. The minimum atomic E-state index is -0.0895. The van der Waals surface area contributed by atoms with E-state index in [-0.39, 0.29) is 11.9 Å². The Morgan fingerprint density at radius 3 is 2.46 bits per heavy atom. The molecule has 1 atom stereocenters. The van der Waals surface area contributed by atoms with Gasteiger partial charge >= 0.3 is 0 Å². The number of hydrogen-bond donors (Lipinski definition) is 1. The minimum Gasteiger partial charge on any atom is -0.345 e. The molecule has 0 bridgehead atoms. The third-order valence-electron chi connectivity index (χ3n) is 4.80. The molecule has 2 aromatic heterocycles. The van der Waals surface area contributed by atoms with Crippen molar-refractivity contribution in [3.05, 3.63) is 58.9 Å². The van der Waals surface area contributed by atoms with Gasteiger partial charge in [0, 0.05) is 12.7 Å². The summed E-state index contributed by atoms with van der Waals surface area (Å²) in [6, 6.07) is 10.3. The third-order valence-corrected chi connectivity index (χ3v) is 4.80. The summed E-state index contributed by atoms with van der Waals surface area (Å²) < 4.78 is 1.70. The van der Waals surface area contributed by atoms with Gasteiger partial charge in [-0.05, 0) is 36.5 Å². The van der Waals surface area contributed by atoms with Crippen LogP contribution in [0.25, 0.3) is 11.0 Å². The quantitative estimate of drug-likeness (QED) is 0.747. The molecule has 0 fully saturated rings. The number of benzene rings is 1. The van der Waals surface area contributed by atoms with E-state index in [2.05, 4.69) is 60.4 Å². The molecule has 5 nitrogen and oxygen atoms in total. The number of pyridine rings is 1. The highest BCUT2D eigenvalue weighted by atomic mass is 16.1. The fraction of sp³-hybridized carbons (Fsp3) is 0.381. The zero-order valence-corrected chi connectivity index (χ0v) is 16.1. The van der Waals surface area contributed by atoms with Crippen LogP contribution in [-0.2, 0) is 7.05 Å². The Labute approximate surface area is 154 Å². The lowest BCUT2D eigenvalue weighted by Crippen LogP contribution is -2.28. The van der Waals surface area contributed by atoms with Gasteiger partial charge in [-0.3, -0.25) is 9.48 Å². The molecule has 5 heteroatoms. The van der Waals surface area contributed by atoms with Crippen LogP contribution in [0.3, 0.4) is 0 Å². The van der Waals surface area contributed by atoms with Gasteiger partial charge in [-0.15, -0.1) is 0 Å². The predicted molar refractivity (Wildman–Crippen MR) is 104 cm³/mol. The van der Waals surface area contributed by atoms with Crippen LogP contribution in [0.15, 0.2) is 36.5 Å². The summed E-state index contributed by atoms with van der Waals surface area (Å²) in [5, 5.41) is 8.19. The molecular formula is C21H26N4O. The number of amides is 1. The second-order valence-electron chi connectivity index (χ2n) is 7.07. The first kappa shape index (κ1) is 18.1. The molecule has 3 aromatic rings. The van der Waals surface area contributed by atoms with Crippen molar-refractivity contribution in [1.82, 2.24) is 20.1 Å². The van der Waals surface area contributed by atoms with Crippen LogP contribution >= 0.6 is 0 Å². The Kier molecular flexibility index (Phi) is 5.07. The van der Waals surface area contributed by atoms with Crippen LogP contribution in [0.5, 0.6) is 0 Å². The number of carbonyl (C=O) groups is 1. The van der Waals surface area contributed by atoms with Gasteiger partial charge in [0.25, 0.3) is 5.91 Å². The van der Waals surface area contributed by atoms with Crippen LogP contribution in [0.1, 0.15) is 66.3 Å². The van der Waals surface area contributed by atoms with E-state index in [1.165, 1.54) is 5.56 Å². The number of nitrogens with one attached hydrogen (secondary N) is 1. The molecule has 0 aliphatic heterocycles. The lowest BCUT2D eigenvalue weighted by atomic mass is 9.98. The summed E-state index contributed by atoms with van der Waals surface area (Å²) >= 11 is 0. The molecular weight excluding hydrogens is 324 g/mol. The van der Waals surface area contributed by atoms with Gasteiger partial charge in [-0.25, -0.2) is 4.98 Å². The van der Waals surface area contributed by atoms with Crippen LogP contribution in [0.4, 0.5) is 0 Å². The van der Waals surface area contributed by atoms with E-state index >= 15 is 0 Å². The fourth-order valence-corrected chi connectivity index (χ4v) is 3.20. The van der Waals surface area contributed by atoms with Gasteiger partial charge in [0.1, 0.15) is 0 Å². The van der Waals surface area contributed by atoms with Crippen molar-refractivity contribution in [2.45, 2.75) is 46.1 Å². The fourth-order valence-electron chi connectivity index (χ4n) is 3.20. The monoisotopic (exact) mass is 350 g/mol. The maximum atomic E-state index is 13.0. The molecule has 1 amide bonds. The lowest BCUT2D eigenvalue weighted by molar-refractivity contribution is 0.0937. The van der Waals surface area contributed by atoms with E-state index in [0.717, 1.165) is 28.7 Å². The average Bonchev–Trinajstić information content (AvgIpc) is 2.99. The smallest absolute Gasteiger partial charge is 0.252 e. The van der Waals surface area contributed by atoms with E-state index in [9.17, 15) is 4.79 Å². The maximum Gasteiger partial charge on any atom is 0.252 e. The van der Waals surface area contributed by atoms with Gasteiger partial charge in [-0.2, -0.15) is 5.10 Å². The Morgan fingerprint density at radius 1 is 1.19 bits per heavy atom. The molecule has 26 heavy (non-hydrogen) atoms. The highest BCUT2D eigenvalue weighted by Gasteiger charge is 2.18. The second kappa shape index (κ2) is 7.28. The van der Waals surface area contributed by atoms with E-state index in [1.807, 2.05) is 20.0 Å². The standard InChI is InChI=1S/C21H26N4O/c1-6-19(16-9-7-15(8-10-16)13(2)3)24-21(26)17-11-14(4)23-20-18(17)12-22-25(20)5/h7-13,19H,6H2,1-5H3,(H,24,26). The Bertz CT molecular complexity index is 925. The largest absolute Gasteiger partial charge is 0.345 e. The summed E-state index contributed by atoms with van der Waals surface area (Å²) in [6.45, 7) is 8.34. The number of fused-ring (bicyclic) bond motifs is 1. The number of aromatic nitrogens is 3. The zero-order valence-electron chi connectivity index (χ0n) is 16.1. The minimum absolute atomic E-state index is 0.0242. The highest BCUT2D eigenvalue weighted by molar-refractivity contribution is 6.05. The first-order chi connectivity index (χ1) is 12.4. The summed E-state index contributed by atoms with van der Waals surface area (Å²) in [5.41, 5.74) is 4.58. The SMILES string of the molecule is CCC(NC(=O)c1cc(C)nc2c1cnn2C)c1ccc(C(C)C)cc1. The van der Waals surface area contributed by atoms with E-state index in [0.29, 0.717) is 11.5 Å². The predicted octanol–water partition coefficient (Wildman–Crippen LogP) is 4.28.